The SMILES string of the molecule is COC(=O)[C@H](CCSC)NC(=O)/C=C/c1cc(C)n(C2CC2)c1C. The van der Waals surface area contributed by atoms with Crippen LogP contribution in [0.25, 0.3) is 6.08 Å². The summed E-state index contributed by atoms with van der Waals surface area (Å²) in [5, 5.41) is 2.73. The molecule has 0 saturated heterocycles. The average Bonchev–Trinajstić information content (AvgIpc) is 3.34. The molecule has 6 heteroatoms. The molecule has 1 aromatic rings. The van der Waals surface area contributed by atoms with Crippen LogP contribution in [0.15, 0.2) is 12.1 Å². The lowest BCUT2D eigenvalue weighted by Gasteiger charge is -2.14. The standard InChI is InChI=1S/C18H26N2O3S/c1-12-11-14(13(2)20(12)15-6-7-15)5-8-17(21)19-16(9-10-24-4)18(22)23-3/h5,8,11,15-16H,6-7,9-10H2,1-4H3,(H,19,21)/b8-5+/t16-/m0/s1. The van der Waals surface area contributed by atoms with Crippen molar-refractivity contribution in [3.8, 4) is 0 Å². The second kappa shape index (κ2) is 8.42. The lowest BCUT2D eigenvalue weighted by molar-refractivity contribution is -0.144. The summed E-state index contributed by atoms with van der Waals surface area (Å²) >= 11 is 1.63. The van der Waals surface area contributed by atoms with Crippen LogP contribution < -0.4 is 5.32 Å². The number of ether oxygens (including phenoxy) is 1. The van der Waals surface area contributed by atoms with E-state index in [-0.39, 0.29) is 5.91 Å². The Hall–Kier alpha value is -1.69. The maximum Gasteiger partial charge on any atom is 0.328 e. The van der Waals surface area contributed by atoms with Gasteiger partial charge in [-0.15, -0.1) is 0 Å². The van der Waals surface area contributed by atoms with Crippen molar-refractivity contribution in [1.82, 2.24) is 9.88 Å². The number of carbonyl (C=O) groups excluding carboxylic acids is 2. The van der Waals surface area contributed by atoms with Gasteiger partial charge in [-0.05, 0) is 62.8 Å². The van der Waals surface area contributed by atoms with Crippen LogP contribution in [0.1, 0.15) is 42.3 Å². The second-order valence-electron chi connectivity index (χ2n) is 6.13. The number of aryl methyl sites for hydroxylation is 1. The summed E-state index contributed by atoms with van der Waals surface area (Å²) in [6, 6.07) is 2.12. The summed E-state index contributed by atoms with van der Waals surface area (Å²) < 4.78 is 7.09. The minimum Gasteiger partial charge on any atom is -0.467 e. The van der Waals surface area contributed by atoms with Crippen LogP contribution in [-0.4, -0.2) is 41.6 Å². The zero-order chi connectivity index (χ0) is 17.7. The Balaban J connectivity index is 2.01. The van der Waals surface area contributed by atoms with Crippen molar-refractivity contribution in [2.45, 2.75) is 45.2 Å². The predicted octanol–water partition coefficient (Wildman–Crippen LogP) is 2.86. The van der Waals surface area contributed by atoms with Crippen LogP contribution in [0.5, 0.6) is 0 Å². The number of hydrogen-bond acceptors (Lipinski definition) is 4. The zero-order valence-electron chi connectivity index (χ0n) is 14.8. The number of methoxy groups -OCH3 is 1. The first-order chi connectivity index (χ1) is 11.5. The van der Waals surface area contributed by atoms with Gasteiger partial charge in [-0.25, -0.2) is 4.79 Å². The molecule has 0 aliphatic heterocycles. The molecule has 132 valence electrons. The Bertz CT molecular complexity index is 632. The Morgan fingerprint density at radius 2 is 2.17 bits per heavy atom. The average molecular weight is 350 g/mol. The number of esters is 1. The molecule has 1 N–H and O–H groups in total. The van der Waals surface area contributed by atoms with E-state index in [2.05, 4.69) is 29.8 Å². The smallest absolute Gasteiger partial charge is 0.328 e. The summed E-state index contributed by atoms with van der Waals surface area (Å²) in [6.07, 6.45) is 8.30. The van der Waals surface area contributed by atoms with Crippen LogP contribution in [0.3, 0.4) is 0 Å². The number of thioether (sulfide) groups is 1. The normalized spacial score (nSPS) is 15.5. The minimum absolute atomic E-state index is 0.275. The van der Waals surface area contributed by atoms with E-state index >= 15 is 0 Å². The summed E-state index contributed by atoms with van der Waals surface area (Å²) in [5.41, 5.74) is 3.46. The summed E-state index contributed by atoms with van der Waals surface area (Å²) in [4.78, 5) is 23.9. The molecule has 0 radical (unpaired) electrons. The Morgan fingerprint density at radius 3 is 2.75 bits per heavy atom. The van der Waals surface area contributed by atoms with E-state index in [0.29, 0.717) is 12.5 Å². The van der Waals surface area contributed by atoms with Gasteiger partial charge in [0.1, 0.15) is 6.04 Å². The van der Waals surface area contributed by atoms with Crippen molar-refractivity contribution in [2.75, 3.05) is 19.1 Å². The highest BCUT2D eigenvalue weighted by Gasteiger charge is 2.26. The molecule has 1 aliphatic carbocycles. The van der Waals surface area contributed by atoms with E-state index < -0.39 is 12.0 Å². The molecule has 1 fully saturated rings. The fourth-order valence-electron chi connectivity index (χ4n) is 2.88. The number of rotatable bonds is 8. The van der Waals surface area contributed by atoms with Crippen LogP contribution in [0, 0.1) is 13.8 Å². The van der Waals surface area contributed by atoms with Gasteiger partial charge in [0.2, 0.25) is 5.91 Å². The lowest BCUT2D eigenvalue weighted by Crippen LogP contribution is -2.41. The number of nitrogens with one attached hydrogen (secondary N) is 1. The number of hydrogen-bond donors (Lipinski definition) is 1. The molecule has 1 atom stereocenters. The first-order valence-electron chi connectivity index (χ1n) is 8.21. The van der Waals surface area contributed by atoms with Crippen molar-refractivity contribution in [3.05, 3.63) is 29.1 Å². The zero-order valence-corrected chi connectivity index (χ0v) is 15.6. The molecule has 1 heterocycles. The highest BCUT2D eigenvalue weighted by atomic mass is 32.2. The molecule has 2 rings (SSSR count). The highest BCUT2D eigenvalue weighted by molar-refractivity contribution is 7.98. The molecule has 0 spiro atoms. The van der Waals surface area contributed by atoms with Crippen molar-refractivity contribution < 1.29 is 14.3 Å². The maximum atomic E-state index is 12.1. The van der Waals surface area contributed by atoms with Crippen LogP contribution in [-0.2, 0) is 14.3 Å². The lowest BCUT2D eigenvalue weighted by atomic mass is 10.2. The molecule has 1 amide bonds. The van der Waals surface area contributed by atoms with E-state index in [1.165, 1.54) is 37.4 Å². The molecule has 1 aromatic heterocycles. The Labute approximate surface area is 147 Å². The molecule has 5 nitrogen and oxygen atoms in total. The summed E-state index contributed by atoms with van der Waals surface area (Å²) in [5.74, 6) is 0.104. The van der Waals surface area contributed by atoms with E-state index in [0.717, 1.165) is 11.3 Å². The number of amides is 1. The molecule has 0 unspecified atom stereocenters. The van der Waals surface area contributed by atoms with E-state index in [4.69, 9.17) is 4.74 Å². The predicted molar refractivity (Wildman–Crippen MR) is 98.2 cm³/mol. The fraction of sp³-hybridized carbons (Fsp3) is 0.556. The van der Waals surface area contributed by atoms with Crippen LogP contribution in [0.2, 0.25) is 0 Å². The molecule has 0 bridgehead atoms. The van der Waals surface area contributed by atoms with Crippen molar-refractivity contribution >= 4 is 29.7 Å². The molecular weight excluding hydrogens is 324 g/mol. The van der Waals surface area contributed by atoms with E-state index in [1.54, 1.807) is 11.8 Å². The highest BCUT2D eigenvalue weighted by Crippen LogP contribution is 2.38. The van der Waals surface area contributed by atoms with Gasteiger partial charge in [0.15, 0.2) is 0 Å². The fourth-order valence-corrected chi connectivity index (χ4v) is 3.35. The third-order valence-corrected chi connectivity index (χ3v) is 4.91. The maximum absolute atomic E-state index is 12.1. The van der Waals surface area contributed by atoms with Crippen LogP contribution >= 0.6 is 11.8 Å². The quantitative estimate of drug-likeness (QED) is 0.578. The van der Waals surface area contributed by atoms with Crippen molar-refractivity contribution in [1.29, 1.82) is 0 Å². The van der Waals surface area contributed by atoms with Gasteiger partial charge in [-0.1, -0.05) is 0 Å². The largest absolute Gasteiger partial charge is 0.467 e. The number of nitrogens with zero attached hydrogens (tertiary/aromatic N) is 1. The molecule has 0 aromatic carbocycles. The number of aromatic nitrogens is 1. The molecule has 1 saturated carbocycles. The number of carbonyl (C=O) groups is 2. The van der Waals surface area contributed by atoms with Gasteiger partial charge in [0.05, 0.1) is 7.11 Å². The van der Waals surface area contributed by atoms with Gasteiger partial charge in [0.25, 0.3) is 0 Å². The van der Waals surface area contributed by atoms with E-state index in [1.807, 2.05) is 12.3 Å². The van der Waals surface area contributed by atoms with Gasteiger partial charge >= 0.3 is 5.97 Å². The van der Waals surface area contributed by atoms with Gasteiger partial charge in [-0.3, -0.25) is 4.79 Å². The molecule has 24 heavy (non-hydrogen) atoms. The van der Waals surface area contributed by atoms with Crippen LogP contribution in [0.4, 0.5) is 0 Å². The van der Waals surface area contributed by atoms with E-state index in [9.17, 15) is 9.59 Å². The Morgan fingerprint density at radius 1 is 1.46 bits per heavy atom. The third-order valence-electron chi connectivity index (χ3n) is 4.26. The first-order valence-corrected chi connectivity index (χ1v) is 9.61. The van der Waals surface area contributed by atoms with Gasteiger partial charge in [-0.2, -0.15) is 11.8 Å². The monoisotopic (exact) mass is 350 g/mol. The summed E-state index contributed by atoms with van der Waals surface area (Å²) in [7, 11) is 1.34. The van der Waals surface area contributed by atoms with Crippen molar-refractivity contribution in [3.63, 3.8) is 0 Å². The third kappa shape index (κ3) is 4.66. The summed E-state index contributed by atoms with van der Waals surface area (Å²) in [6.45, 7) is 4.18. The minimum atomic E-state index is -0.599. The molecular formula is C18H26N2O3S. The Kier molecular flexibility index (Phi) is 6.54. The second-order valence-corrected chi connectivity index (χ2v) is 7.11. The topological polar surface area (TPSA) is 60.3 Å². The first kappa shape index (κ1) is 18.6. The van der Waals surface area contributed by atoms with Crippen molar-refractivity contribution in [2.24, 2.45) is 0 Å². The van der Waals surface area contributed by atoms with Gasteiger partial charge in [0, 0.05) is 23.5 Å². The van der Waals surface area contributed by atoms with Gasteiger partial charge < -0.3 is 14.6 Å². The molecule has 1 aliphatic rings.